The molecule has 0 unspecified atom stereocenters. The normalized spacial score (nSPS) is 15.4. The first-order valence-electron chi connectivity index (χ1n) is 11.8. The highest BCUT2D eigenvalue weighted by Crippen LogP contribution is 2.38. The van der Waals surface area contributed by atoms with Crippen molar-refractivity contribution in [2.75, 3.05) is 23.9 Å². The third-order valence-electron chi connectivity index (χ3n) is 6.43. The van der Waals surface area contributed by atoms with Crippen molar-refractivity contribution in [2.24, 2.45) is 5.92 Å². The summed E-state index contributed by atoms with van der Waals surface area (Å²) in [4.78, 5) is 0.331. The molecule has 0 atom stereocenters. The largest absolute Gasteiger partial charge is 0.317 e. The second-order valence-electron chi connectivity index (χ2n) is 9.89. The van der Waals surface area contributed by atoms with Crippen molar-refractivity contribution < 1.29 is 8.42 Å². The highest BCUT2D eigenvalue weighted by atomic mass is 32.2. The van der Waals surface area contributed by atoms with Gasteiger partial charge in [0.25, 0.3) is 10.0 Å². The second-order valence-corrected chi connectivity index (χ2v) is 11.8. The van der Waals surface area contributed by atoms with Gasteiger partial charge in [-0.05, 0) is 72.7 Å². The molecule has 0 spiro atoms. The van der Waals surface area contributed by atoms with Gasteiger partial charge in [-0.3, -0.25) is 4.31 Å². The van der Waals surface area contributed by atoms with Crippen LogP contribution in [-0.4, -0.2) is 28.1 Å². The maximum Gasteiger partial charge on any atom is 0.264 e. The maximum absolute atomic E-state index is 14.0. The lowest BCUT2D eigenvalue weighted by Gasteiger charge is -2.33. The molecule has 174 valence electrons. The van der Waals surface area contributed by atoms with E-state index in [0.717, 1.165) is 42.7 Å². The minimum absolute atomic E-state index is 0.0414. The Morgan fingerprint density at radius 1 is 0.879 bits per heavy atom. The van der Waals surface area contributed by atoms with E-state index in [2.05, 4.69) is 50.4 Å². The molecule has 1 fully saturated rings. The fraction of sp³-hybridized carbons (Fsp3) is 0.357. The number of anilines is 1. The van der Waals surface area contributed by atoms with Crippen molar-refractivity contribution in [1.29, 1.82) is 0 Å². The number of sulfonamides is 1. The molecule has 33 heavy (non-hydrogen) atoms. The van der Waals surface area contributed by atoms with Gasteiger partial charge < -0.3 is 5.32 Å². The van der Waals surface area contributed by atoms with Crippen LogP contribution in [-0.2, 0) is 15.4 Å². The zero-order valence-electron chi connectivity index (χ0n) is 19.8. The maximum atomic E-state index is 14.0. The number of piperidine rings is 1. The van der Waals surface area contributed by atoms with Crippen LogP contribution in [0.3, 0.4) is 0 Å². The number of hydrogen-bond acceptors (Lipinski definition) is 3. The Morgan fingerprint density at radius 3 is 2.09 bits per heavy atom. The average Bonchev–Trinajstić information content (AvgIpc) is 2.83. The smallest absolute Gasteiger partial charge is 0.264 e. The molecule has 5 heteroatoms. The minimum atomic E-state index is -3.72. The first kappa shape index (κ1) is 23.5. The van der Waals surface area contributed by atoms with E-state index in [1.54, 1.807) is 28.6 Å². The third kappa shape index (κ3) is 5.31. The van der Waals surface area contributed by atoms with Crippen molar-refractivity contribution in [3.8, 4) is 11.1 Å². The Kier molecular flexibility index (Phi) is 6.91. The van der Waals surface area contributed by atoms with Crippen molar-refractivity contribution in [3.05, 3.63) is 84.4 Å². The van der Waals surface area contributed by atoms with Crippen LogP contribution in [0.25, 0.3) is 11.1 Å². The molecule has 3 aromatic rings. The van der Waals surface area contributed by atoms with E-state index in [0.29, 0.717) is 17.4 Å². The number of nitrogens with zero attached hydrogens (tertiary/aromatic N) is 1. The first-order chi connectivity index (χ1) is 15.8. The van der Waals surface area contributed by atoms with Crippen LogP contribution in [0.4, 0.5) is 5.69 Å². The van der Waals surface area contributed by atoms with E-state index in [1.807, 2.05) is 30.3 Å². The number of rotatable bonds is 6. The Hall–Kier alpha value is -2.63. The molecule has 4 nitrogen and oxygen atoms in total. The summed E-state index contributed by atoms with van der Waals surface area (Å²) in [5.74, 6) is 0.315. The summed E-state index contributed by atoms with van der Waals surface area (Å²) in [5.41, 5.74) is 3.87. The SMILES string of the molecule is CC(C)(C)c1ccc(N(CC2CCNCC2)S(=O)(=O)c2ccccc2)c(-c2ccccc2)c1. The van der Waals surface area contributed by atoms with Gasteiger partial charge >= 0.3 is 0 Å². The van der Waals surface area contributed by atoms with Gasteiger partial charge in [0.15, 0.2) is 0 Å². The first-order valence-corrected chi connectivity index (χ1v) is 13.2. The van der Waals surface area contributed by atoms with Crippen LogP contribution in [0.5, 0.6) is 0 Å². The quantitative estimate of drug-likeness (QED) is 0.500. The lowest BCUT2D eigenvalue weighted by atomic mass is 9.85. The molecule has 0 radical (unpaired) electrons. The van der Waals surface area contributed by atoms with Gasteiger partial charge in [0, 0.05) is 12.1 Å². The molecule has 3 aromatic carbocycles. The van der Waals surface area contributed by atoms with Gasteiger partial charge in [-0.2, -0.15) is 0 Å². The highest BCUT2D eigenvalue weighted by Gasteiger charge is 2.30. The van der Waals surface area contributed by atoms with Crippen LogP contribution in [0.15, 0.2) is 83.8 Å². The highest BCUT2D eigenvalue weighted by molar-refractivity contribution is 7.92. The summed E-state index contributed by atoms with van der Waals surface area (Å²) in [6.45, 7) is 8.89. The number of nitrogens with one attached hydrogen (secondary N) is 1. The molecule has 0 aliphatic carbocycles. The minimum Gasteiger partial charge on any atom is -0.317 e. The molecular formula is C28H34N2O2S. The van der Waals surface area contributed by atoms with Gasteiger partial charge in [-0.15, -0.1) is 0 Å². The van der Waals surface area contributed by atoms with Crippen molar-refractivity contribution in [1.82, 2.24) is 5.32 Å². The summed E-state index contributed by atoms with van der Waals surface area (Å²) < 4.78 is 29.6. The molecule has 0 aromatic heterocycles. The van der Waals surface area contributed by atoms with Crippen molar-refractivity contribution >= 4 is 15.7 Å². The van der Waals surface area contributed by atoms with Crippen LogP contribution >= 0.6 is 0 Å². The number of benzene rings is 3. The number of hydrogen-bond donors (Lipinski definition) is 1. The molecule has 1 saturated heterocycles. The van der Waals surface area contributed by atoms with E-state index >= 15 is 0 Å². The topological polar surface area (TPSA) is 49.4 Å². The Morgan fingerprint density at radius 2 is 1.48 bits per heavy atom. The van der Waals surface area contributed by atoms with E-state index in [-0.39, 0.29) is 5.41 Å². The predicted octanol–water partition coefficient (Wildman–Crippen LogP) is 5.85. The van der Waals surface area contributed by atoms with E-state index in [1.165, 1.54) is 5.56 Å². The van der Waals surface area contributed by atoms with Gasteiger partial charge in [0.2, 0.25) is 0 Å². The van der Waals surface area contributed by atoms with Gasteiger partial charge in [-0.25, -0.2) is 8.42 Å². The van der Waals surface area contributed by atoms with E-state index < -0.39 is 10.0 Å². The summed E-state index contributed by atoms with van der Waals surface area (Å²) in [6, 6.07) is 25.2. The molecule has 1 heterocycles. The summed E-state index contributed by atoms with van der Waals surface area (Å²) in [5, 5.41) is 3.39. The fourth-order valence-corrected chi connectivity index (χ4v) is 5.99. The summed E-state index contributed by atoms with van der Waals surface area (Å²) in [7, 11) is -3.72. The fourth-order valence-electron chi connectivity index (χ4n) is 4.41. The Labute approximate surface area is 198 Å². The monoisotopic (exact) mass is 462 g/mol. The predicted molar refractivity (Wildman–Crippen MR) is 137 cm³/mol. The van der Waals surface area contributed by atoms with E-state index in [9.17, 15) is 8.42 Å². The van der Waals surface area contributed by atoms with Crippen molar-refractivity contribution in [2.45, 2.75) is 43.9 Å². The summed E-state index contributed by atoms with van der Waals surface area (Å²) >= 11 is 0. The lowest BCUT2D eigenvalue weighted by Crippen LogP contribution is -2.39. The van der Waals surface area contributed by atoms with Gasteiger partial charge in [0.1, 0.15) is 0 Å². The summed E-state index contributed by atoms with van der Waals surface area (Å²) in [6.07, 6.45) is 1.95. The molecule has 4 rings (SSSR count). The van der Waals surface area contributed by atoms with Crippen LogP contribution < -0.4 is 9.62 Å². The second kappa shape index (κ2) is 9.70. The zero-order valence-corrected chi connectivity index (χ0v) is 20.6. The van der Waals surface area contributed by atoms with E-state index in [4.69, 9.17) is 0 Å². The van der Waals surface area contributed by atoms with Crippen LogP contribution in [0.1, 0.15) is 39.2 Å². The molecule has 0 bridgehead atoms. The molecule has 1 aliphatic heterocycles. The molecule has 0 amide bonds. The Bertz CT molecular complexity index is 1160. The molecular weight excluding hydrogens is 428 g/mol. The van der Waals surface area contributed by atoms with Crippen LogP contribution in [0.2, 0.25) is 0 Å². The standard InChI is InChI=1S/C28H34N2O2S/c1-28(2,3)24-14-15-27(26(20-24)23-10-6-4-7-11-23)30(21-22-16-18-29-19-17-22)33(31,32)25-12-8-5-9-13-25/h4-15,20,22,29H,16-19,21H2,1-3H3. The third-order valence-corrected chi connectivity index (χ3v) is 8.22. The molecule has 1 aliphatic rings. The lowest BCUT2D eigenvalue weighted by molar-refractivity contribution is 0.382. The van der Waals surface area contributed by atoms with Crippen LogP contribution in [0, 0.1) is 5.92 Å². The van der Waals surface area contributed by atoms with Crippen molar-refractivity contribution in [3.63, 3.8) is 0 Å². The van der Waals surface area contributed by atoms with Gasteiger partial charge in [0.05, 0.1) is 10.6 Å². The van der Waals surface area contributed by atoms with Gasteiger partial charge in [-0.1, -0.05) is 75.4 Å². The molecule has 0 saturated carbocycles. The molecule has 1 N–H and O–H groups in total. The Balaban J connectivity index is 1.89. The average molecular weight is 463 g/mol. The zero-order chi connectivity index (χ0) is 23.5.